The molecule has 2 rings (SSSR count). The second-order valence-corrected chi connectivity index (χ2v) is 15.6. The molecule has 0 spiro atoms. The molecule has 0 unspecified atom stereocenters. The van der Waals surface area contributed by atoms with E-state index in [4.69, 9.17) is 17.2 Å². The van der Waals surface area contributed by atoms with Crippen LogP contribution in [0.15, 0.2) is 42.9 Å². The van der Waals surface area contributed by atoms with Crippen molar-refractivity contribution in [3.63, 3.8) is 0 Å². The molecule has 0 fully saturated rings. The zero-order chi connectivity index (χ0) is 46.5. The van der Waals surface area contributed by atoms with E-state index in [2.05, 4.69) is 41.9 Å². The average molecular weight is 872 g/mol. The number of imidazole rings is 1. The molecule has 1 aromatic heterocycles. The van der Waals surface area contributed by atoms with Gasteiger partial charge in [0.2, 0.25) is 41.4 Å². The van der Waals surface area contributed by atoms with Crippen molar-refractivity contribution in [1.82, 2.24) is 41.9 Å². The third-order valence-electron chi connectivity index (χ3n) is 9.45. The van der Waals surface area contributed by atoms with Gasteiger partial charge >= 0.3 is 11.9 Å². The third kappa shape index (κ3) is 18.5. The number of carbonyl (C=O) groups excluding carboxylic acids is 7. The van der Waals surface area contributed by atoms with Crippen molar-refractivity contribution >= 4 is 53.3 Å². The summed E-state index contributed by atoms with van der Waals surface area (Å²) in [6.45, 7) is 7.20. The average Bonchev–Trinajstić information content (AvgIpc) is 3.71. The van der Waals surface area contributed by atoms with Crippen molar-refractivity contribution < 1.29 is 53.4 Å². The molecule has 15 N–H and O–H groups in total. The number of carboxylic acid groups (broad SMARTS) is 2. The van der Waals surface area contributed by atoms with Gasteiger partial charge in [-0.2, -0.15) is 0 Å². The largest absolute Gasteiger partial charge is 0.481 e. The number of carboxylic acids is 2. The van der Waals surface area contributed by atoms with Crippen LogP contribution in [-0.4, -0.2) is 122 Å². The highest BCUT2D eigenvalue weighted by atomic mass is 16.4. The normalized spacial score (nSPS) is 14.5. The van der Waals surface area contributed by atoms with Crippen LogP contribution in [0.2, 0.25) is 0 Å². The molecule has 0 saturated carbocycles. The fourth-order valence-electron chi connectivity index (χ4n) is 6.18. The number of primary amides is 1. The van der Waals surface area contributed by atoms with Gasteiger partial charge in [0.25, 0.3) is 0 Å². The van der Waals surface area contributed by atoms with E-state index in [1.165, 1.54) is 12.5 Å². The van der Waals surface area contributed by atoms with Gasteiger partial charge in [0, 0.05) is 24.7 Å². The minimum absolute atomic E-state index is 0.0647. The Kier molecular flexibility index (Phi) is 21.7. The number of benzene rings is 1. The highest BCUT2D eigenvalue weighted by Crippen LogP contribution is 2.12. The van der Waals surface area contributed by atoms with E-state index in [9.17, 15) is 53.4 Å². The van der Waals surface area contributed by atoms with E-state index in [1.807, 2.05) is 0 Å². The predicted octanol–water partition coefficient (Wildman–Crippen LogP) is -2.30. The SMILES string of the molecule is CC(C)C[C@H](NC(=O)[C@H](CCCCN)NC(=O)[C@@H](NC(=O)[C@H](Cc1ccccc1)NC(=O)[C@H](Cc1cnc[nH]1)NC(=O)[C@H](CC(=O)O)NC(=O)[C@@H](N)CC(N)=O)C(C)C)C(=O)O. The van der Waals surface area contributed by atoms with E-state index >= 15 is 0 Å². The molecular weight excluding hydrogens is 811 g/mol. The van der Waals surface area contributed by atoms with Crippen molar-refractivity contribution in [2.45, 2.75) is 121 Å². The van der Waals surface area contributed by atoms with Gasteiger partial charge in [-0.25, -0.2) is 9.78 Å². The first-order valence-corrected chi connectivity index (χ1v) is 20.2. The van der Waals surface area contributed by atoms with Gasteiger partial charge in [0.1, 0.15) is 36.3 Å². The third-order valence-corrected chi connectivity index (χ3v) is 9.45. The van der Waals surface area contributed by atoms with Crippen LogP contribution in [0.4, 0.5) is 0 Å². The lowest BCUT2D eigenvalue weighted by molar-refractivity contribution is -0.143. The molecule has 0 aliphatic rings. The minimum Gasteiger partial charge on any atom is -0.481 e. The molecule has 1 aromatic carbocycles. The topological polar surface area (TPSA) is 373 Å². The quantitative estimate of drug-likeness (QED) is 0.0400. The van der Waals surface area contributed by atoms with Crippen LogP contribution in [0.5, 0.6) is 0 Å². The number of hydrogen-bond acceptors (Lipinski definition) is 12. The van der Waals surface area contributed by atoms with Gasteiger partial charge in [-0.1, -0.05) is 58.0 Å². The highest BCUT2D eigenvalue weighted by Gasteiger charge is 2.35. The Morgan fingerprint density at radius 3 is 1.76 bits per heavy atom. The Bertz CT molecular complexity index is 1830. The first kappa shape index (κ1) is 51.7. The fraction of sp³-hybridized carbons (Fsp3) is 0.550. The van der Waals surface area contributed by atoms with Crippen molar-refractivity contribution in [2.24, 2.45) is 29.0 Å². The number of H-pyrrole nitrogens is 1. The molecule has 2 aromatic rings. The maximum atomic E-state index is 14.2. The van der Waals surface area contributed by atoms with Gasteiger partial charge in [0.15, 0.2) is 0 Å². The number of nitrogens with one attached hydrogen (secondary N) is 7. The van der Waals surface area contributed by atoms with Gasteiger partial charge in [-0.05, 0) is 49.6 Å². The smallest absolute Gasteiger partial charge is 0.326 e. The summed E-state index contributed by atoms with van der Waals surface area (Å²) in [5.74, 6) is -9.69. The summed E-state index contributed by atoms with van der Waals surface area (Å²) in [5, 5.41) is 34.3. The van der Waals surface area contributed by atoms with Gasteiger partial charge in [-0.15, -0.1) is 0 Å². The lowest BCUT2D eigenvalue weighted by Crippen LogP contribution is -2.61. The number of amides is 7. The van der Waals surface area contributed by atoms with Crippen LogP contribution in [-0.2, 0) is 56.0 Å². The van der Waals surface area contributed by atoms with E-state index in [0.717, 1.165) is 0 Å². The molecule has 22 nitrogen and oxygen atoms in total. The monoisotopic (exact) mass is 871 g/mol. The number of aromatic amines is 1. The Hall–Kier alpha value is -6.42. The van der Waals surface area contributed by atoms with E-state index in [-0.39, 0.29) is 31.6 Å². The number of nitrogens with two attached hydrogens (primary N) is 3. The molecule has 1 heterocycles. The van der Waals surface area contributed by atoms with E-state index in [0.29, 0.717) is 30.6 Å². The number of unbranched alkanes of at least 4 members (excludes halogenated alkanes) is 1. The molecule has 22 heteroatoms. The number of hydrogen-bond donors (Lipinski definition) is 12. The van der Waals surface area contributed by atoms with Crippen molar-refractivity contribution in [3.8, 4) is 0 Å². The fourth-order valence-corrected chi connectivity index (χ4v) is 6.18. The molecule has 62 heavy (non-hydrogen) atoms. The van der Waals surface area contributed by atoms with Crippen molar-refractivity contribution in [1.29, 1.82) is 0 Å². The molecule has 0 aliphatic carbocycles. The number of aliphatic carboxylic acids is 2. The summed E-state index contributed by atoms with van der Waals surface area (Å²) < 4.78 is 0. The Morgan fingerprint density at radius 1 is 0.677 bits per heavy atom. The first-order chi connectivity index (χ1) is 29.2. The molecule has 0 saturated heterocycles. The second-order valence-electron chi connectivity index (χ2n) is 15.6. The number of nitrogens with zero attached hydrogens (tertiary/aromatic N) is 1. The highest BCUT2D eigenvalue weighted by molar-refractivity contribution is 5.98. The Labute approximate surface area is 359 Å². The van der Waals surface area contributed by atoms with Gasteiger partial charge in [0.05, 0.1) is 25.2 Å². The van der Waals surface area contributed by atoms with Crippen LogP contribution < -0.4 is 49.1 Å². The summed E-state index contributed by atoms with van der Waals surface area (Å²) in [6, 6.07) is -1.30. The zero-order valence-electron chi connectivity index (χ0n) is 35.3. The van der Waals surface area contributed by atoms with Crippen molar-refractivity contribution in [2.75, 3.05) is 6.54 Å². The van der Waals surface area contributed by atoms with Gasteiger partial charge < -0.3 is 64.3 Å². The number of rotatable bonds is 28. The Morgan fingerprint density at radius 2 is 1.23 bits per heavy atom. The van der Waals surface area contributed by atoms with Crippen LogP contribution in [0.3, 0.4) is 0 Å². The predicted molar refractivity (Wildman–Crippen MR) is 223 cm³/mol. The molecule has 0 bridgehead atoms. The maximum absolute atomic E-state index is 14.2. The van der Waals surface area contributed by atoms with E-state index in [1.54, 1.807) is 58.0 Å². The summed E-state index contributed by atoms with van der Waals surface area (Å²) in [4.78, 5) is 123. The first-order valence-electron chi connectivity index (χ1n) is 20.2. The lowest BCUT2D eigenvalue weighted by Gasteiger charge is -2.29. The molecule has 342 valence electrons. The summed E-state index contributed by atoms with van der Waals surface area (Å²) in [6.07, 6.45) is 1.97. The molecule has 0 aliphatic heterocycles. The van der Waals surface area contributed by atoms with Crippen LogP contribution in [0.25, 0.3) is 0 Å². The van der Waals surface area contributed by atoms with Crippen molar-refractivity contribution in [3.05, 3.63) is 54.1 Å². The molecule has 7 amide bonds. The van der Waals surface area contributed by atoms with Crippen LogP contribution in [0, 0.1) is 11.8 Å². The second kappa shape index (κ2) is 26.0. The lowest BCUT2D eigenvalue weighted by atomic mass is 9.99. The van der Waals surface area contributed by atoms with E-state index < -0.39 is 114 Å². The maximum Gasteiger partial charge on any atom is 0.326 e. The molecular formula is C40H61N11O11. The Balaban J connectivity index is 2.43. The molecule has 7 atom stereocenters. The van der Waals surface area contributed by atoms with Gasteiger partial charge in [-0.3, -0.25) is 38.4 Å². The zero-order valence-corrected chi connectivity index (χ0v) is 35.3. The number of carbonyl (C=O) groups is 9. The number of aromatic nitrogens is 2. The summed E-state index contributed by atoms with van der Waals surface area (Å²) in [5.41, 5.74) is 17.4. The summed E-state index contributed by atoms with van der Waals surface area (Å²) in [7, 11) is 0. The summed E-state index contributed by atoms with van der Waals surface area (Å²) >= 11 is 0. The van der Waals surface area contributed by atoms with Crippen LogP contribution in [0.1, 0.15) is 77.5 Å². The molecule has 0 radical (unpaired) electrons. The van der Waals surface area contributed by atoms with Crippen LogP contribution >= 0.6 is 0 Å². The minimum atomic E-state index is -1.77. The standard InChI is InChI=1S/C40H61N11O11/c1-21(2)14-30(40(61)62)50-35(56)26(12-8-9-13-41)46-39(60)33(22(3)4)51-38(59)27(15-23-10-6-5-7-11-23)48-36(57)28(16-24-19-44-20-45-24)49-37(58)29(18-32(53)54)47-34(55)25(42)17-31(43)52/h5-7,10-11,19-22,25-30,33H,8-9,12-18,41-42H2,1-4H3,(H2,43,52)(H,44,45)(H,46,60)(H,47,55)(H,48,57)(H,49,58)(H,50,56)(H,51,59)(H,53,54)(H,61,62)/t25-,26-,27-,28-,29-,30-,33-/m0/s1.